The highest BCUT2D eigenvalue weighted by Gasteiger charge is 2.59. The van der Waals surface area contributed by atoms with Gasteiger partial charge in [0.1, 0.15) is 11.6 Å². The number of nitrogens with one attached hydrogen (secondary N) is 1. The van der Waals surface area contributed by atoms with Crippen LogP contribution >= 0.6 is 0 Å². The molecule has 0 bridgehead atoms. The molecule has 5 aliphatic rings. The smallest absolute Gasteiger partial charge is 0.262 e. The van der Waals surface area contributed by atoms with Crippen LogP contribution < -0.4 is 15.0 Å². The second-order valence-corrected chi connectivity index (χ2v) is 14.3. The van der Waals surface area contributed by atoms with Gasteiger partial charge in [-0.2, -0.15) is 0 Å². The van der Waals surface area contributed by atoms with E-state index in [1.165, 1.54) is 6.07 Å². The Morgan fingerprint density at radius 2 is 1.77 bits per heavy atom. The SMILES string of the molecule is CCNC(=O)C1CCN2c3cc(F)ccc3C3CN(C(=O)[C@]4(F)CN(C5CCC(OC)CC5)C[C@H]4c4ccc(OC)cc4)C[C@@H]3C2C1. The maximum atomic E-state index is 17.8. The first kappa shape index (κ1) is 32.3. The van der Waals surface area contributed by atoms with Crippen LogP contribution in [0.1, 0.15) is 68.4 Å². The summed E-state index contributed by atoms with van der Waals surface area (Å²) in [5, 5.41) is 2.98. The fraction of sp³-hybridized carbons (Fsp3) is 0.622. The zero-order valence-electron chi connectivity index (χ0n) is 27.8. The number of hydrogen-bond acceptors (Lipinski definition) is 6. The summed E-state index contributed by atoms with van der Waals surface area (Å²) < 4.78 is 43.4. The van der Waals surface area contributed by atoms with Gasteiger partial charge in [0.25, 0.3) is 5.91 Å². The first-order valence-electron chi connectivity index (χ1n) is 17.5. The van der Waals surface area contributed by atoms with Gasteiger partial charge in [-0.1, -0.05) is 18.2 Å². The number of nitrogens with zero attached hydrogens (tertiary/aromatic N) is 3. The lowest BCUT2D eigenvalue weighted by molar-refractivity contribution is -0.143. The van der Waals surface area contributed by atoms with Crippen molar-refractivity contribution in [1.29, 1.82) is 0 Å². The number of methoxy groups -OCH3 is 2. The summed E-state index contributed by atoms with van der Waals surface area (Å²) in [6, 6.07) is 12.6. The molecule has 4 fully saturated rings. The van der Waals surface area contributed by atoms with Crippen LogP contribution in [0.25, 0.3) is 0 Å². The number of anilines is 1. The van der Waals surface area contributed by atoms with Crippen molar-refractivity contribution in [1.82, 2.24) is 15.1 Å². The van der Waals surface area contributed by atoms with Gasteiger partial charge >= 0.3 is 0 Å². The van der Waals surface area contributed by atoms with Crippen LogP contribution in [0.5, 0.6) is 5.75 Å². The summed E-state index contributed by atoms with van der Waals surface area (Å²) in [7, 11) is 3.36. The van der Waals surface area contributed by atoms with Crippen molar-refractivity contribution in [3.8, 4) is 5.75 Å². The molecule has 2 aromatic carbocycles. The van der Waals surface area contributed by atoms with Crippen molar-refractivity contribution in [3.63, 3.8) is 0 Å². The third-order valence-corrected chi connectivity index (χ3v) is 12.0. The molecule has 1 N–H and O–H groups in total. The highest BCUT2D eigenvalue weighted by Crippen LogP contribution is 2.51. The third-order valence-electron chi connectivity index (χ3n) is 12.0. The van der Waals surface area contributed by atoms with E-state index >= 15 is 4.39 Å². The lowest BCUT2D eigenvalue weighted by atomic mass is 9.73. The molecule has 8 nitrogen and oxygen atoms in total. The standard InChI is InChI=1S/C37H48F2N4O4/c1-4-40-35(44)24-15-16-43-33(17-24)31-20-41(19-30(31)29-14-7-25(38)18-34(29)43)36(45)37(39)22-42(26-8-12-28(47-3)13-9-26)21-32(37)23-5-10-27(46-2)11-6-23/h5-7,10-11,14,18,24,26,28,30-33H,4,8-9,12-13,15-17,19-22H2,1-3H3,(H,40,44)/t24?,26?,28?,30?,31-,32-,33?,37-/m0/s1. The first-order chi connectivity index (χ1) is 22.7. The number of benzene rings is 2. The van der Waals surface area contributed by atoms with E-state index in [-0.39, 0.29) is 54.2 Å². The number of halogens is 2. The van der Waals surface area contributed by atoms with Crippen LogP contribution in [0.4, 0.5) is 14.5 Å². The second-order valence-electron chi connectivity index (χ2n) is 14.3. The number of hydrogen-bond donors (Lipinski definition) is 1. The summed E-state index contributed by atoms with van der Waals surface area (Å²) >= 11 is 0. The maximum absolute atomic E-state index is 17.8. The lowest BCUT2D eigenvalue weighted by Crippen LogP contribution is -2.54. The number of likely N-dealkylation sites (tertiary alicyclic amines) is 2. The maximum Gasteiger partial charge on any atom is 0.262 e. The zero-order valence-corrected chi connectivity index (χ0v) is 27.8. The van der Waals surface area contributed by atoms with Crippen molar-refractivity contribution in [2.24, 2.45) is 11.8 Å². The molecule has 10 heteroatoms. The Morgan fingerprint density at radius 3 is 2.47 bits per heavy atom. The molecule has 4 heterocycles. The largest absolute Gasteiger partial charge is 0.497 e. The predicted octanol–water partition coefficient (Wildman–Crippen LogP) is 4.88. The van der Waals surface area contributed by atoms with E-state index in [2.05, 4.69) is 15.1 Å². The Balaban J connectivity index is 1.18. The average molecular weight is 651 g/mol. The highest BCUT2D eigenvalue weighted by molar-refractivity contribution is 5.88. The molecule has 47 heavy (non-hydrogen) atoms. The van der Waals surface area contributed by atoms with Crippen LogP contribution in [-0.4, -0.2) is 99.0 Å². The van der Waals surface area contributed by atoms with E-state index in [1.807, 2.05) is 37.3 Å². The van der Waals surface area contributed by atoms with Gasteiger partial charge in [-0.3, -0.25) is 14.5 Å². The molecule has 6 atom stereocenters. The van der Waals surface area contributed by atoms with Crippen molar-refractivity contribution in [3.05, 3.63) is 59.4 Å². The first-order valence-corrected chi connectivity index (χ1v) is 17.5. The third kappa shape index (κ3) is 5.79. The summed E-state index contributed by atoms with van der Waals surface area (Å²) in [4.78, 5) is 33.8. The fourth-order valence-corrected chi connectivity index (χ4v) is 9.51. The topological polar surface area (TPSA) is 74.4 Å². The predicted molar refractivity (Wildman–Crippen MR) is 176 cm³/mol. The highest BCUT2D eigenvalue weighted by atomic mass is 19.1. The molecular formula is C37H48F2N4O4. The fourth-order valence-electron chi connectivity index (χ4n) is 9.51. The lowest BCUT2D eigenvalue weighted by Gasteiger charge is -2.49. The number of alkyl halides is 1. The van der Waals surface area contributed by atoms with Crippen molar-refractivity contribution < 1.29 is 27.8 Å². The van der Waals surface area contributed by atoms with E-state index < -0.39 is 17.5 Å². The number of ether oxygens (including phenoxy) is 2. The molecule has 2 aromatic rings. The molecule has 2 amide bonds. The van der Waals surface area contributed by atoms with Crippen molar-refractivity contribution in [2.45, 2.75) is 81.1 Å². The molecule has 4 aliphatic heterocycles. The van der Waals surface area contributed by atoms with Gasteiger partial charge in [-0.25, -0.2) is 8.78 Å². The Morgan fingerprint density at radius 1 is 1.00 bits per heavy atom. The number of amides is 2. The Labute approximate surface area is 276 Å². The molecular weight excluding hydrogens is 602 g/mol. The van der Waals surface area contributed by atoms with Crippen molar-refractivity contribution >= 4 is 17.5 Å². The number of piperidine rings is 1. The number of carbonyl (C=O) groups is 2. The molecule has 254 valence electrons. The molecule has 3 saturated heterocycles. The van der Waals surface area contributed by atoms with Crippen LogP contribution in [0.2, 0.25) is 0 Å². The van der Waals surface area contributed by atoms with Crippen LogP contribution in [0.15, 0.2) is 42.5 Å². The summed E-state index contributed by atoms with van der Waals surface area (Å²) in [5.74, 6) is -0.777. The monoisotopic (exact) mass is 650 g/mol. The molecule has 1 saturated carbocycles. The Kier molecular flexibility index (Phi) is 8.93. The van der Waals surface area contributed by atoms with Gasteiger partial charge in [-0.15, -0.1) is 0 Å². The van der Waals surface area contributed by atoms with E-state index in [1.54, 1.807) is 25.2 Å². The number of carbonyl (C=O) groups excluding carboxylic acids is 2. The van der Waals surface area contributed by atoms with Gasteiger partial charge < -0.3 is 24.6 Å². The number of rotatable bonds is 7. The van der Waals surface area contributed by atoms with Crippen molar-refractivity contribution in [2.75, 3.05) is 58.4 Å². The molecule has 0 radical (unpaired) electrons. The van der Waals surface area contributed by atoms with Gasteiger partial charge in [-0.05, 0) is 80.8 Å². The minimum Gasteiger partial charge on any atom is -0.497 e. The van der Waals surface area contributed by atoms with Gasteiger partial charge in [0, 0.05) is 87.8 Å². The second kappa shape index (κ2) is 13.0. The van der Waals surface area contributed by atoms with E-state index in [4.69, 9.17) is 9.47 Å². The summed E-state index contributed by atoms with van der Waals surface area (Å²) in [6.45, 7) is 4.49. The minimum absolute atomic E-state index is 0.0269. The van der Waals surface area contributed by atoms with Crippen LogP contribution in [0, 0.1) is 17.7 Å². The molecule has 1 aliphatic carbocycles. The molecule has 7 rings (SSSR count). The summed E-state index contributed by atoms with van der Waals surface area (Å²) in [6.07, 6.45) is 5.27. The van der Waals surface area contributed by atoms with E-state index in [0.717, 1.165) is 42.5 Å². The van der Waals surface area contributed by atoms with Gasteiger partial charge in [0.05, 0.1) is 13.2 Å². The normalized spacial score (nSPS) is 33.6. The quantitative estimate of drug-likeness (QED) is 0.461. The average Bonchev–Trinajstić information content (AvgIpc) is 3.71. The van der Waals surface area contributed by atoms with E-state index in [9.17, 15) is 14.0 Å². The van der Waals surface area contributed by atoms with Gasteiger partial charge in [0.15, 0.2) is 0 Å². The Hall–Kier alpha value is -3.24. The zero-order chi connectivity index (χ0) is 32.9. The molecule has 0 spiro atoms. The molecule has 0 aromatic heterocycles. The molecule has 3 unspecified atom stereocenters. The Bertz CT molecular complexity index is 1470. The van der Waals surface area contributed by atoms with Gasteiger partial charge in [0.2, 0.25) is 11.6 Å². The minimum atomic E-state index is -2.10. The summed E-state index contributed by atoms with van der Waals surface area (Å²) in [5.41, 5.74) is 0.573. The van der Waals surface area contributed by atoms with Crippen LogP contribution in [-0.2, 0) is 14.3 Å². The van der Waals surface area contributed by atoms with Crippen LogP contribution in [0.3, 0.4) is 0 Å². The van der Waals surface area contributed by atoms with E-state index in [0.29, 0.717) is 51.3 Å². The number of fused-ring (bicyclic) bond motifs is 6.